The molecule has 1 N–H and O–H groups in total. The predicted octanol–water partition coefficient (Wildman–Crippen LogP) is 21.2. The Bertz CT molecular complexity index is 1150. The highest BCUT2D eigenvalue weighted by Crippen LogP contribution is 2.18. The van der Waals surface area contributed by atoms with E-state index in [1.165, 1.54) is 238 Å². The quantitative estimate of drug-likeness (QED) is 0.0373. The van der Waals surface area contributed by atoms with E-state index < -0.39 is 6.10 Å². The molecule has 0 aliphatic heterocycles. The van der Waals surface area contributed by atoms with Gasteiger partial charge in [0.2, 0.25) is 0 Å². The van der Waals surface area contributed by atoms with Gasteiger partial charge in [0, 0.05) is 12.8 Å². The Morgan fingerprint density at radius 2 is 0.614 bits per heavy atom. The standard InChI is InChI=1S/C65H120O5/c1-3-5-7-9-11-13-15-17-19-21-23-24-25-26-27-28-29-30-31-32-33-34-35-36-37-38-39-40-42-43-45-47-49-51-53-55-57-59-64(67)69-62-63(61-66)70-65(68)60-58-56-54-52-50-48-46-44-41-22-20-18-16-14-12-10-8-6-4-2/h6,8,12,14,18,20,41,44,63,66H,3-5,7,9-11,13,15-17,19,21-40,42-43,45-62H2,1-2H3/b8-6-,14-12-,20-18-,44-41-. The van der Waals surface area contributed by atoms with Crippen molar-refractivity contribution in [2.24, 2.45) is 0 Å². The molecule has 5 heteroatoms. The maximum atomic E-state index is 12.3. The Morgan fingerprint density at radius 3 is 0.929 bits per heavy atom. The normalized spacial score (nSPS) is 12.4. The van der Waals surface area contributed by atoms with E-state index in [9.17, 15) is 14.7 Å². The van der Waals surface area contributed by atoms with Crippen molar-refractivity contribution >= 4 is 11.9 Å². The molecule has 0 aliphatic carbocycles. The first-order valence-electron chi connectivity index (χ1n) is 31.2. The molecule has 0 amide bonds. The monoisotopic (exact) mass is 981 g/mol. The highest BCUT2D eigenvalue weighted by Gasteiger charge is 2.16. The van der Waals surface area contributed by atoms with Crippen molar-refractivity contribution in [2.45, 2.75) is 341 Å². The number of aliphatic hydroxyl groups is 1. The fraction of sp³-hybridized carbons (Fsp3) is 0.846. The largest absolute Gasteiger partial charge is 0.462 e. The second kappa shape index (κ2) is 61.2. The van der Waals surface area contributed by atoms with Crippen LogP contribution in [-0.2, 0) is 19.1 Å². The molecule has 1 atom stereocenters. The molecule has 0 aromatic heterocycles. The first kappa shape index (κ1) is 67.9. The highest BCUT2D eigenvalue weighted by atomic mass is 16.6. The topological polar surface area (TPSA) is 72.8 Å². The third kappa shape index (κ3) is 58.4. The van der Waals surface area contributed by atoms with Crippen molar-refractivity contribution in [1.82, 2.24) is 0 Å². The van der Waals surface area contributed by atoms with Crippen molar-refractivity contribution in [3.63, 3.8) is 0 Å². The van der Waals surface area contributed by atoms with Crippen LogP contribution in [-0.4, -0.2) is 36.4 Å². The third-order valence-corrected chi connectivity index (χ3v) is 14.1. The minimum atomic E-state index is -0.780. The molecule has 1 unspecified atom stereocenters. The molecule has 0 saturated heterocycles. The maximum Gasteiger partial charge on any atom is 0.306 e. The van der Waals surface area contributed by atoms with Crippen molar-refractivity contribution < 1.29 is 24.2 Å². The molecule has 0 aromatic rings. The highest BCUT2D eigenvalue weighted by molar-refractivity contribution is 5.70. The zero-order valence-corrected chi connectivity index (χ0v) is 47.0. The van der Waals surface area contributed by atoms with Crippen LogP contribution < -0.4 is 0 Å². The van der Waals surface area contributed by atoms with Gasteiger partial charge in [0.05, 0.1) is 6.61 Å². The van der Waals surface area contributed by atoms with Gasteiger partial charge in [-0.2, -0.15) is 0 Å². The summed E-state index contributed by atoms with van der Waals surface area (Å²) >= 11 is 0. The number of esters is 2. The molecular weight excluding hydrogens is 861 g/mol. The number of rotatable bonds is 58. The first-order chi connectivity index (χ1) is 34.6. The molecule has 0 heterocycles. The number of allylic oxidation sites excluding steroid dienone is 8. The summed E-state index contributed by atoms with van der Waals surface area (Å²) in [5.41, 5.74) is 0. The van der Waals surface area contributed by atoms with E-state index >= 15 is 0 Å². The van der Waals surface area contributed by atoms with Crippen LogP contribution in [0.4, 0.5) is 0 Å². The van der Waals surface area contributed by atoms with Gasteiger partial charge in [-0.05, 0) is 51.4 Å². The van der Waals surface area contributed by atoms with Crippen LogP contribution in [0, 0.1) is 0 Å². The minimum absolute atomic E-state index is 0.0694. The van der Waals surface area contributed by atoms with Crippen molar-refractivity contribution in [3.05, 3.63) is 48.6 Å². The van der Waals surface area contributed by atoms with Gasteiger partial charge in [-0.1, -0.05) is 319 Å². The van der Waals surface area contributed by atoms with Gasteiger partial charge in [-0.25, -0.2) is 0 Å². The number of ether oxygens (including phenoxy) is 2. The smallest absolute Gasteiger partial charge is 0.306 e. The van der Waals surface area contributed by atoms with E-state index in [1.54, 1.807) is 0 Å². The number of hydrogen-bond donors (Lipinski definition) is 1. The number of unbranched alkanes of at least 4 members (excludes halogenated alkanes) is 42. The average molecular weight is 982 g/mol. The fourth-order valence-corrected chi connectivity index (χ4v) is 9.49. The van der Waals surface area contributed by atoms with Crippen LogP contribution in [0.15, 0.2) is 48.6 Å². The minimum Gasteiger partial charge on any atom is -0.462 e. The number of hydrogen-bond acceptors (Lipinski definition) is 5. The lowest BCUT2D eigenvalue weighted by Crippen LogP contribution is -2.28. The summed E-state index contributed by atoms with van der Waals surface area (Å²) in [7, 11) is 0. The van der Waals surface area contributed by atoms with Gasteiger partial charge in [-0.15, -0.1) is 0 Å². The second-order valence-electron chi connectivity index (χ2n) is 21.1. The molecule has 0 aliphatic rings. The summed E-state index contributed by atoms with van der Waals surface area (Å²) in [5.74, 6) is -0.593. The molecule has 0 radical (unpaired) electrons. The van der Waals surface area contributed by atoms with Gasteiger partial charge in [0.25, 0.3) is 0 Å². The zero-order valence-electron chi connectivity index (χ0n) is 47.0. The average Bonchev–Trinajstić information content (AvgIpc) is 3.36. The molecule has 0 spiro atoms. The first-order valence-corrected chi connectivity index (χ1v) is 31.2. The van der Waals surface area contributed by atoms with Crippen LogP contribution in [0.3, 0.4) is 0 Å². The van der Waals surface area contributed by atoms with Crippen LogP contribution >= 0.6 is 0 Å². The predicted molar refractivity (Wildman–Crippen MR) is 307 cm³/mol. The molecule has 0 fully saturated rings. The van der Waals surface area contributed by atoms with E-state index in [1.807, 2.05) is 0 Å². The Morgan fingerprint density at radius 1 is 0.343 bits per heavy atom. The van der Waals surface area contributed by atoms with E-state index in [0.29, 0.717) is 12.8 Å². The van der Waals surface area contributed by atoms with Crippen LogP contribution in [0.5, 0.6) is 0 Å². The Balaban J connectivity index is 3.38. The fourth-order valence-electron chi connectivity index (χ4n) is 9.49. The lowest BCUT2D eigenvalue weighted by Gasteiger charge is -2.15. The lowest BCUT2D eigenvalue weighted by atomic mass is 10.0. The summed E-state index contributed by atoms with van der Waals surface area (Å²) in [4.78, 5) is 24.5. The summed E-state index contributed by atoms with van der Waals surface area (Å²) in [6, 6.07) is 0. The zero-order chi connectivity index (χ0) is 50.6. The summed E-state index contributed by atoms with van der Waals surface area (Å²) in [6.07, 6.45) is 81.3. The Hall–Kier alpha value is -2.14. The van der Waals surface area contributed by atoms with Crippen LogP contribution in [0.25, 0.3) is 0 Å². The van der Waals surface area contributed by atoms with E-state index in [-0.39, 0.29) is 25.2 Å². The van der Waals surface area contributed by atoms with Gasteiger partial charge in [0.1, 0.15) is 6.61 Å². The molecule has 0 rings (SSSR count). The third-order valence-electron chi connectivity index (χ3n) is 14.1. The van der Waals surface area contributed by atoms with E-state index in [0.717, 1.165) is 70.6 Å². The number of carbonyl (C=O) groups excluding carboxylic acids is 2. The van der Waals surface area contributed by atoms with Gasteiger partial charge in [-0.3, -0.25) is 9.59 Å². The van der Waals surface area contributed by atoms with Gasteiger partial charge in [0.15, 0.2) is 6.10 Å². The van der Waals surface area contributed by atoms with Crippen LogP contribution in [0.2, 0.25) is 0 Å². The summed E-state index contributed by atoms with van der Waals surface area (Å²) in [6.45, 7) is 4.06. The molecule has 5 nitrogen and oxygen atoms in total. The summed E-state index contributed by atoms with van der Waals surface area (Å²) in [5, 5.41) is 9.65. The molecular formula is C65H120O5. The molecule has 0 aromatic carbocycles. The maximum absolute atomic E-state index is 12.3. The molecule has 410 valence electrons. The van der Waals surface area contributed by atoms with Crippen molar-refractivity contribution in [2.75, 3.05) is 13.2 Å². The van der Waals surface area contributed by atoms with Crippen LogP contribution in [0.1, 0.15) is 335 Å². The Labute approximate surface area is 437 Å². The van der Waals surface area contributed by atoms with E-state index in [4.69, 9.17) is 9.47 Å². The van der Waals surface area contributed by atoms with Crippen molar-refractivity contribution in [1.29, 1.82) is 0 Å². The number of carbonyl (C=O) groups is 2. The molecule has 0 saturated carbocycles. The second-order valence-corrected chi connectivity index (χ2v) is 21.1. The SMILES string of the molecule is CC/C=C\C/C=C\C/C=C\C/C=C\CCCCCCCCC(=O)OC(CO)COC(=O)CCCCCCCCCCCCCCCCCCCCCCCCCCCCCCCCCCCCCCC. The molecule has 70 heavy (non-hydrogen) atoms. The van der Waals surface area contributed by atoms with Gasteiger partial charge >= 0.3 is 11.9 Å². The Kier molecular flexibility index (Phi) is 59.3. The van der Waals surface area contributed by atoms with Gasteiger partial charge < -0.3 is 14.6 Å². The number of aliphatic hydroxyl groups excluding tert-OH is 1. The van der Waals surface area contributed by atoms with Crippen molar-refractivity contribution in [3.8, 4) is 0 Å². The molecule has 0 bridgehead atoms. The lowest BCUT2D eigenvalue weighted by molar-refractivity contribution is -0.161. The summed E-state index contributed by atoms with van der Waals surface area (Å²) < 4.78 is 10.7. The van der Waals surface area contributed by atoms with E-state index in [2.05, 4.69) is 62.5 Å².